The summed E-state index contributed by atoms with van der Waals surface area (Å²) in [5, 5.41) is 19.4. The van der Waals surface area contributed by atoms with E-state index in [-0.39, 0.29) is 10.5 Å². The number of nitro groups is 2. The van der Waals surface area contributed by atoms with Crippen LogP contribution < -0.4 is 0 Å². The average molecular weight is 168 g/mol. The molecular weight excluding hydrogens is 164 g/mol. The Morgan fingerprint density at radius 2 is 1.67 bits per heavy atom. The van der Waals surface area contributed by atoms with Gasteiger partial charge in [-0.2, -0.15) is 0 Å². The molecule has 0 saturated carbocycles. The Labute approximate surface area is 54.3 Å². The maximum absolute atomic E-state index is 9.69. The first-order valence-electron chi connectivity index (χ1n) is 1.89. The van der Waals surface area contributed by atoms with Crippen LogP contribution in [0.15, 0.2) is 0 Å². The molecule has 0 aromatic rings. The van der Waals surface area contributed by atoms with Gasteiger partial charge in [0.25, 0.3) is 0 Å². The van der Waals surface area contributed by atoms with Gasteiger partial charge < -0.3 is 4.12 Å². The monoisotopic (exact) mass is 168 g/mol. The summed E-state index contributed by atoms with van der Waals surface area (Å²) >= 11 is 0. The maximum Gasteiger partial charge on any atom is 0.936 e. The van der Waals surface area contributed by atoms with Crippen molar-refractivity contribution >= 4 is 19.8 Å². The fraction of sp³-hybridized carbons (Fsp3) is 0. The zero-order chi connectivity index (χ0) is 7.44. The smallest absolute Gasteiger partial charge is 0.358 e. The van der Waals surface area contributed by atoms with Crippen LogP contribution in [-0.2, 0) is 4.12 Å². The highest BCUT2D eigenvalue weighted by Gasteiger charge is 2.44. The van der Waals surface area contributed by atoms with E-state index in [2.05, 4.69) is 4.12 Å². The highest BCUT2D eigenvalue weighted by molar-refractivity contribution is 6.38. The molecule has 0 amide bonds. The molecule has 0 fully saturated rings. The van der Waals surface area contributed by atoms with Crippen molar-refractivity contribution < 1.29 is 13.3 Å². The molecule has 0 aromatic heterocycles. The molecule has 0 radical (unpaired) electrons. The van der Waals surface area contributed by atoms with Gasteiger partial charge in [-0.25, -0.2) is 0 Å². The Hall–Kier alpha value is -0.806. The van der Waals surface area contributed by atoms with Gasteiger partial charge in [0.15, 0.2) is 0 Å². The summed E-state index contributed by atoms with van der Waals surface area (Å²) in [6.45, 7) is 0. The predicted molar refractivity (Wildman–Crippen MR) is 32.2 cm³/mol. The van der Waals surface area contributed by atoms with Crippen molar-refractivity contribution in [2.24, 2.45) is 0 Å². The lowest BCUT2D eigenvalue weighted by atomic mass is 13.3. The Morgan fingerprint density at radius 3 is 1.67 bits per heavy atom. The summed E-state index contributed by atoms with van der Waals surface area (Å²) in [5.74, 6) is 0. The van der Waals surface area contributed by atoms with Gasteiger partial charge in [-0.1, -0.05) is 0 Å². The zero-order valence-corrected chi connectivity index (χ0v) is 7.67. The average Bonchev–Trinajstić information content (AvgIpc) is 1.64. The fourth-order valence-electron chi connectivity index (χ4n) is 0.249. The van der Waals surface area contributed by atoms with Gasteiger partial charge in [0.1, 0.15) is 10.5 Å². The lowest BCUT2D eigenvalue weighted by molar-refractivity contribution is -0.489. The number of rotatable bonds is 3. The normalized spacial score (nSPS) is 9.89. The summed E-state index contributed by atoms with van der Waals surface area (Å²) < 4.78 is 2.25. The summed E-state index contributed by atoms with van der Waals surface area (Å²) in [6, 6.07) is 0. The minimum atomic E-state index is -3.35. The molecule has 0 saturated heterocycles. The third-order valence-electron chi connectivity index (χ3n) is 0.572. The number of nitrogens with zero attached hydrogens (tertiary/aromatic N) is 2. The van der Waals surface area contributed by atoms with Crippen LogP contribution in [0.4, 0.5) is 0 Å². The van der Waals surface area contributed by atoms with Crippen molar-refractivity contribution in [3.63, 3.8) is 0 Å². The first-order chi connectivity index (χ1) is 4.09. The van der Waals surface area contributed by atoms with Gasteiger partial charge in [0.2, 0.25) is 0 Å². The van der Waals surface area contributed by atoms with E-state index in [1.165, 1.54) is 0 Å². The van der Waals surface area contributed by atoms with E-state index in [1.807, 2.05) is 0 Å². The van der Waals surface area contributed by atoms with Gasteiger partial charge in [-0.05, 0) is 0 Å². The highest BCUT2D eigenvalue weighted by atomic mass is 28.3. The van der Waals surface area contributed by atoms with E-state index in [1.54, 1.807) is 0 Å². The Kier molecular flexibility index (Phi) is 2.97. The highest BCUT2D eigenvalue weighted by Crippen LogP contribution is 1.83. The molecule has 0 rings (SSSR count). The number of hydrogen-bond acceptors (Lipinski definition) is 5. The molecule has 0 aromatic carbocycles. The molecule has 0 bridgehead atoms. The molecule has 0 aliphatic carbocycles. The van der Waals surface area contributed by atoms with E-state index in [9.17, 15) is 20.2 Å². The first kappa shape index (κ1) is 8.19. The van der Waals surface area contributed by atoms with Crippen molar-refractivity contribution in [1.29, 1.82) is 0 Å². The van der Waals surface area contributed by atoms with Crippen LogP contribution in [0.5, 0.6) is 0 Å². The van der Waals surface area contributed by atoms with Crippen LogP contribution in [0.3, 0.4) is 0 Å². The molecule has 0 unspecified atom stereocenters. The molecule has 9 heavy (non-hydrogen) atoms. The molecule has 0 aliphatic heterocycles. The van der Waals surface area contributed by atoms with Gasteiger partial charge in [-0.3, -0.25) is 20.2 Å². The third kappa shape index (κ3) is 2.30. The van der Waals surface area contributed by atoms with Crippen molar-refractivity contribution in [3.05, 3.63) is 20.2 Å². The standard InChI is InChI=1S/H4N2O5Si2/c3-1(4)9(7-8)2(5)6/h9H,8H3. The van der Waals surface area contributed by atoms with Gasteiger partial charge >= 0.3 is 9.36 Å². The molecule has 0 aliphatic rings. The molecule has 9 heteroatoms. The van der Waals surface area contributed by atoms with Crippen LogP contribution in [-0.4, -0.2) is 29.0 Å². The summed E-state index contributed by atoms with van der Waals surface area (Å²) in [5.41, 5.74) is 0. The SMILES string of the molecule is O=[N+]([O-])[SiH](O[SiH3])[N+](=O)[O-]. The van der Waals surface area contributed by atoms with Crippen molar-refractivity contribution in [1.82, 2.24) is 0 Å². The Bertz CT molecular complexity index is 119. The van der Waals surface area contributed by atoms with Crippen molar-refractivity contribution in [3.8, 4) is 0 Å². The quantitative estimate of drug-likeness (QED) is 0.265. The molecule has 0 heterocycles. The number of hydrogen-bond donors (Lipinski definition) is 0. The minimum Gasteiger partial charge on any atom is -0.358 e. The topological polar surface area (TPSA) is 95.5 Å². The van der Waals surface area contributed by atoms with Crippen molar-refractivity contribution in [2.45, 2.75) is 0 Å². The second kappa shape index (κ2) is 3.26. The Morgan fingerprint density at radius 1 is 1.33 bits per heavy atom. The first-order valence-corrected chi connectivity index (χ1v) is 4.21. The molecule has 52 valence electrons. The molecule has 0 spiro atoms. The van der Waals surface area contributed by atoms with Crippen LogP contribution in [0.2, 0.25) is 0 Å². The molecule has 0 atom stereocenters. The molecule has 0 N–H and O–H groups in total. The Balaban J connectivity index is 3.99. The van der Waals surface area contributed by atoms with Gasteiger partial charge in [-0.15, -0.1) is 0 Å². The third-order valence-corrected chi connectivity index (χ3v) is 2.98. The molecule has 7 nitrogen and oxygen atoms in total. The minimum absolute atomic E-state index is 0.0463. The summed E-state index contributed by atoms with van der Waals surface area (Å²) in [7, 11) is -3.31. The lowest BCUT2D eigenvalue weighted by Gasteiger charge is -1.92. The second-order valence-electron chi connectivity index (χ2n) is 1.13. The zero-order valence-electron chi connectivity index (χ0n) is 4.51. The van der Waals surface area contributed by atoms with Crippen molar-refractivity contribution in [2.75, 3.05) is 0 Å². The van der Waals surface area contributed by atoms with Crippen LogP contribution in [0.25, 0.3) is 0 Å². The maximum atomic E-state index is 9.69. The second-order valence-corrected chi connectivity index (χ2v) is 4.51. The fourth-order valence-corrected chi connectivity index (χ4v) is 1.78. The van der Waals surface area contributed by atoms with Gasteiger partial charge in [0, 0.05) is 9.18 Å². The van der Waals surface area contributed by atoms with Gasteiger partial charge in [0.05, 0.1) is 0 Å². The van der Waals surface area contributed by atoms with E-state index in [0.29, 0.717) is 0 Å². The predicted octanol–water partition coefficient (Wildman–Crippen LogP) is -2.45. The lowest BCUT2D eigenvalue weighted by Crippen LogP contribution is -2.36. The van der Waals surface area contributed by atoms with E-state index < -0.39 is 18.5 Å². The van der Waals surface area contributed by atoms with Crippen LogP contribution in [0.1, 0.15) is 0 Å². The van der Waals surface area contributed by atoms with Crippen LogP contribution in [0, 0.1) is 20.2 Å². The van der Waals surface area contributed by atoms with E-state index in [4.69, 9.17) is 0 Å². The molecular formula is H4N2O5Si2. The largest absolute Gasteiger partial charge is 0.936 e. The van der Waals surface area contributed by atoms with E-state index >= 15 is 0 Å². The van der Waals surface area contributed by atoms with Crippen LogP contribution >= 0.6 is 0 Å². The van der Waals surface area contributed by atoms with E-state index in [0.717, 1.165) is 0 Å². The summed E-state index contributed by atoms with van der Waals surface area (Å²) in [6.07, 6.45) is 0. The summed E-state index contributed by atoms with van der Waals surface area (Å²) in [4.78, 5) is 19.4.